The number of carbonyl (C=O) groups excluding carboxylic acids is 1. The first-order valence-electron chi connectivity index (χ1n) is 4.89. The van der Waals surface area contributed by atoms with Gasteiger partial charge in [0.1, 0.15) is 0 Å². The van der Waals surface area contributed by atoms with E-state index < -0.39 is 17.7 Å². The second-order valence-corrected chi connectivity index (χ2v) is 3.92. The van der Waals surface area contributed by atoms with Crippen LogP contribution in [-0.2, 0) is 14.3 Å². The van der Waals surface area contributed by atoms with E-state index >= 15 is 0 Å². The predicted octanol–water partition coefficient (Wildman–Crippen LogP) is 1.02. The average Bonchev–Trinajstić information content (AvgIpc) is 2.16. The summed E-state index contributed by atoms with van der Waals surface area (Å²) < 4.78 is 9.98. The first-order valence-corrected chi connectivity index (χ1v) is 4.89. The van der Waals surface area contributed by atoms with E-state index in [4.69, 9.17) is 9.47 Å². The molecule has 1 aromatic carbocycles. The van der Waals surface area contributed by atoms with Crippen LogP contribution in [0.5, 0.6) is 0 Å². The number of hydrogen-bond acceptors (Lipinski definition) is 4. The van der Waals surface area contributed by atoms with Gasteiger partial charge in [-0.2, -0.15) is 0 Å². The number of benzene rings is 1. The zero-order valence-corrected chi connectivity index (χ0v) is 9.02. The Morgan fingerprint density at radius 3 is 2.31 bits per heavy atom. The van der Waals surface area contributed by atoms with E-state index in [0.29, 0.717) is 5.56 Å². The molecule has 4 nitrogen and oxygen atoms in total. The molecule has 1 aliphatic heterocycles. The van der Waals surface area contributed by atoms with Gasteiger partial charge in [-0.05, 0) is 19.4 Å². The summed E-state index contributed by atoms with van der Waals surface area (Å²) >= 11 is 0. The van der Waals surface area contributed by atoms with Crippen LogP contribution >= 0.6 is 0 Å². The van der Waals surface area contributed by atoms with Crippen molar-refractivity contribution in [1.82, 2.24) is 0 Å². The number of rotatable bonds is 1. The minimum absolute atomic E-state index is 0.0556. The second kappa shape index (κ2) is 3.56. The van der Waals surface area contributed by atoms with Gasteiger partial charge in [0.25, 0.3) is 0 Å². The van der Waals surface area contributed by atoms with Gasteiger partial charge in [0.05, 0.1) is 11.5 Å². The lowest BCUT2D eigenvalue weighted by molar-refractivity contribution is -0.389. The highest BCUT2D eigenvalue weighted by atomic mass is 16.8. The SMILES string of the molecule is CC1(C)OC(=O)C(c2ccccc2)=C([O-])O1. The lowest BCUT2D eigenvalue weighted by Gasteiger charge is -2.39. The number of ether oxygens (including phenoxy) is 2. The van der Waals surface area contributed by atoms with Gasteiger partial charge in [0, 0.05) is 0 Å². The summed E-state index contributed by atoms with van der Waals surface area (Å²) in [6, 6.07) is 8.60. The number of hydrogen-bond donors (Lipinski definition) is 0. The Labute approximate surface area is 93.1 Å². The summed E-state index contributed by atoms with van der Waals surface area (Å²) in [4.78, 5) is 11.7. The number of esters is 1. The molecule has 1 heterocycles. The monoisotopic (exact) mass is 219 g/mol. The quantitative estimate of drug-likeness (QED) is 0.662. The van der Waals surface area contributed by atoms with E-state index in [1.807, 2.05) is 0 Å². The van der Waals surface area contributed by atoms with Crippen LogP contribution < -0.4 is 5.11 Å². The lowest BCUT2D eigenvalue weighted by atomic mass is 10.1. The number of carbonyl (C=O) groups is 1. The number of cyclic esters (lactones) is 1. The summed E-state index contributed by atoms with van der Waals surface area (Å²) in [5.41, 5.74) is 0.452. The van der Waals surface area contributed by atoms with Crippen molar-refractivity contribution in [3.05, 3.63) is 41.8 Å². The summed E-state index contributed by atoms with van der Waals surface area (Å²) in [5, 5.41) is 11.7. The molecule has 84 valence electrons. The normalized spacial score (nSPS) is 19.0. The molecule has 0 aliphatic carbocycles. The second-order valence-electron chi connectivity index (χ2n) is 3.92. The van der Waals surface area contributed by atoms with Crippen molar-refractivity contribution in [1.29, 1.82) is 0 Å². The molecule has 0 spiro atoms. The van der Waals surface area contributed by atoms with Gasteiger partial charge in [-0.25, -0.2) is 4.79 Å². The maximum atomic E-state index is 11.7. The molecule has 0 atom stereocenters. The highest BCUT2D eigenvalue weighted by Crippen LogP contribution is 2.29. The molecular formula is C12H11O4-. The first kappa shape index (κ1) is 10.5. The molecule has 0 saturated carbocycles. The van der Waals surface area contributed by atoms with Crippen molar-refractivity contribution in [2.75, 3.05) is 0 Å². The standard InChI is InChI=1S/C12H12O4/c1-12(2)15-10(13)9(11(14)16-12)8-6-4-3-5-7-8/h3-7,13H,1-2H3/p-1. The summed E-state index contributed by atoms with van der Waals surface area (Å²) in [6.07, 6.45) is 0. The van der Waals surface area contributed by atoms with Gasteiger partial charge in [0.2, 0.25) is 0 Å². The molecule has 1 aliphatic rings. The van der Waals surface area contributed by atoms with Crippen LogP contribution in [0.15, 0.2) is 36.3 Å². The van der Waals surface area contributed by atoms with E-state index in [2.05, 4.69) is 0 Å². The van der Waals surface area contributed by atoms with E-state index in [-0.39, 0.29) is 5.57 Å². The molecule has 0 bridgehead atoms. The molecule has 16 heavy (non-hydrogen) atoms. The molecular weight excluding hydrogens is 208 g/mol. The third kappa shape index (κ3) is 1.86. The van der Waals surface area contributed by atoms with Crippen molar-refractivity contribution < 1.29 is 19.4 Å². The minimum Gasteiger partial charge on any atom is -0.575 e. The third-order valence-electron chi connectivity index (χ3n) is 2.15. The van der Waals surface area contributed by atoms with Crippen LogP contribution in [0.3, 0.4) is 0 Å². The van der Waals surface area contributed by atoms with E-state index in [0.717, 1.165) is 0 Å². The Morgan fingerprint density at radius 1 is 1.12 bits per heavy atom. The molecule has 0 saturated heterocycles. The largest absolute Gasteiger partial charge is 0.575 e. The summed E-state index contributed by atoms with van der Waals surface area (Å²) in [6.45, 7) is 3.04. The Kier molecular flexibility index (Phi) is 2.34. The summed E-state index contributed by atoms with van der Waals surface area (Å²) in [7, 11) is 0. The highest BCUT2D eigenvalue weighted by molar-refractivity contribution is 6.17. The zero-order chi connectivity index (χ0) is 11.8. The Hall–Kier alpha value is -1.97. The van der Waals surface area contributed by atoms with Crippen LogP contribution in [0.25, 0.3) is 5.57 Å². The van der Waals surface area contributed by atoms with E-state index in [1.165, 1.54) is 13.8 Å². The van der Waals surface area contributed by atoms with Crippen molar-refractivity contribution in [2.45, 2.75) is 19.6 Å². The molecule has 1 aromatic rings. The molecule has 4 heteroatoms. The van der Waals surface area contributed by atoms with Crippen LogP contribution in [0, 0.1) is 0 Å². The molecule has 0 radical (unpaired) electrons. The average molecular weight is 219 g/mol. The maximum Gasteiger partial charge on any atom is 0.342 e. The van der Waals surface area contributed by atoms with Crippen LogP contribution in [0.2, 0.25) is 0 Å². The molecule has 0 fully saturated rings. The van der Waals surface area contributed by atoms with Gasteiger partial charge in [-0.1, -0.05) is 30.3 Å². The molecule has 0 amide bonds. The highest BCUT2D eigenvalue weighted by Gasteiger charge is 2.29. The predicted molar refractivity (Wildman–Crippen MR) is 54.6 cm³/mol. The topological polar surface area (TPSA) is 58.6 Å². The van der Waals surface area contributed by atoms with Crippen LogP contribution in [0.4, 0.5) is 0 Å². The third-order valence-corrected chi connectivity index (χ3v) is 2.15. The van der Waals surface area contributed by atoms with Gasteiger partial charge in [0.15, 0.2) is 5.79 Å². The minimum atomic E-state index is -1.19. The van der Waals surface area contributed by atoms with Gasteiger partial charge in [-0.3, -0.25) is 0 Å². The molecule has 2 rings (SSSR count). The van der Waals surface area contributed by atoms with Crippen molar-refractivity contribution >= 4 is 11.5 Å². The maximum absolute atomic E-state index is 11.7. The van der Waals surface area contributed by atoms with Gasteiger partial charge in [-0.15, -0.1) is 0 Å². The Bertz CT molecular complexity index is 445. The first-order chi connectivity index (χ1) is 7.49. The summed E-state index contributed by atoms with van der Waals surface area (Å²) in [5.74, 6) is -2.48. The van der Waals surface area contributed by atoms with E-state index in [9.17, 15) is 9.90 Å². The molecule has 0 N–H and O–H groups in total. The smallest absolute Gasteiger partial charge is 0.342 e. The molecule has 0 aromatic heterocycles. The fourth-order valence-corrected chi connectivity index (χ4v) is 1.49. The Balaban J connectivity index is 2.45. The fourth-order valence-electron chi connectivity index (χ4n) is 1.49. The lowest BCUT2D eigenvalue weighted by Crippen LogP contribution is -2.39. The Morgan fingerprint density at radius 2 is 1.75 bits per heavy atom. The molecule has 0 unspecified atom stereocenters. The van der Waals surface area contributed by atoms with Crippen molar-refractivity contribution in [2.24, 2.45) is 0 Å². The van der Waals surface area contributed by atoms with Crippen molar-refractivity contribution in [3.8, 4) is 0 Å². The fraction of sp³-hybridized carbons (Fsp3) is 0.250. The van der Waals surface area contributed by atoms with Crippen LogP contribution in [-0.4, -0.2) is 11.8 Å². The van der Waals surface area contributed by atoms with Crippen molar-refractivity contribution in [3.63, 3.8) is 0 Å². The zero-order valence-electron chi connectivity index (χ0n) is 9.02. The van der Waals surface area contributed by atoms with Gasteiger partial charge >= 0.3 is 5.97 Å². The van der Waals surface area contributed by atoms with E-state index in [1.54, 1.807) is 30.3 Å². The van der Waals surface area contributed by atoms with Crippen LogP contribution in [0.1, 0.15) is 19.4 Å². The van der Waals surface area contributed by atoms with Gasteiger partial charge < -0.3 is 14.6 Å².